The van der Waals surface area contributed by atoms with E-state index in [1.807, 2.05) is 28.8 Å². The molecular weight excluding hydrogens is 568 g/mol. The lowest BCUT2D eigenvalue weighted by atomic mass is 10.1. The molecule has 190 valence electrons. The summed E-state index contributed by atoms with van der Waals surface area (Å²) in [7, 11) is 0. The Balaban J connectivity index is 1.80. The van der Waals surface area contributed by atoms with E-state index >= 15 is 0 Å². The van der Waals surface area contributed by atoms with Gasteiger partial charge in [0.05, 0.1) is 24.5 Å². The number of amides is 1. The molecule has 0 aliphatic carbocycles. The fourth-order valence-corrected chi connectivity index (χ4v) is 5.35. The maximum Gasteiger partial charge on any atom is 0.348 e. The largest absolute Gasteiger partial charge is 0.462 e. The smallest absolute Gasteiger partial charge is 0.348 e. The van der Waals surface area contributed by atoms with Crippen LogP contribution in [0.5, 0.6) is 0 Å². The van der Waals surface area contributed by atoms with Gasteiger partial charge in [-0.2, -0.15) is 0 Å². The number of rotatable bonds is 11. The van der Waals surface area contributed by atoms with E-state index in [1.54, 1.807) is 26.8 Å². The third-order valence-corrected chi connectivity index (χ3v) is 7.49. The molecular formula is C24H25BrN4O5S2. The summed E-state index contributed by atoms with van der Waals surface area (Å²) in [4.78, 5) is 38.0. The molecule has 12 heteroatoms. The van der Waals surface area contributed by atoms with Gasteiger partial charge in [0.25, 0.3) is 0 Å². The Labute approximate surface area is 225 Å². The van der Waals surface area contributed by atoms with E-state index in [1.165, 1.54) is 11.8 Å². The van der Waals surface area contributed by atoms with Crippen LogP contribution in [0.25, 0.3) is 11.4 Å². The number of esters is 2. The van der Waals surface area contributed by atoms with E-state index in [-0.39, 0.29) is 40.3 Å². The topological polar surface area (TPSA) is 112 Å². The lowest BCUT2D eigenvalue weighted by molar-refractivity contribution is -0.113. The van der Waals surface area contributed by atoms with E-state index in [9.17, 15) is 14.4 Å². The highest BCUT2D eigenvalue weighted by Gasteiger charge is 2.27. The van der Waals surface area contributed by atoms with Crippen molar-refractivity contribution >= 4 is 61.9 Å². The van der Waals surface area contributed by atoms with Gasteiger partial charge in [0, 0.05) is 16.6 Å². The molecule has 0 atom stereocenters. The van der Waals surface area contributed by atoms with Gasteiger partial charge in [0.15, 0.2) is 11.0 Å². The molecule has 9 nitrogen and oxygen atoms in total. The molecule has 0 saturated heterocycles. The number of allylic oxidation sites excluding steroid dienone is 1. The Bertz CT molecular complexity index is 1270. The molecule has 3 rings (SSSR count). The molecule has 1 aromatic carbocycles. The minimum absolute atomic E-state index is 0.00354. The Morgan fingerprint density at radius 1 is 1.14 bits per heavy atom. The normalized spacial score (nSPS) is 10.7. The zero-order valence-corrected chi connectivity index (χ0v) is 23.2. The average Bonchev–Trinajstić information content (AvgIpc) is 3.39. The molecule has 0 fully saturated rings. The second-order valence-electron chi connectivity index (χ2n) is 7.25. The van der Waals surface area contributed by atoms with Gasteiger partial charge in [0.1, 0.15) is 9.88 Å². The zero-order chi connectivity index (χ0) is 26.2. The first kappa shape index (κ1) is 27.6. The zero-order valence-electron chi connectivity index (χ0n) is 20.0. The standard InChI is InChI=1S/C24H25BrN4O5S2/c1-5-12-29-20(15-8-10-16(25)11-9-15)27-28-24(29)35-13-17(30)26-21-18(22(31)33-6-2)14(4)19(36-21)23(32)34-7-3/h5,8-11H,1,6-7,12-13H2,2-4H3,(H,26,30). The van der Waals surface area contributed by atoms with Crippen LogP contribution in [0, 0.1) is 6.92 Å². The van der Waals surface area contributed by atoms with Gasteiger partial charge < -0.3 is 14.8 Å². The molecule has 0 aliphatic rings. The molecule has 36 heavy (non-hydrogen) atoms. The van der Waals surface area contributed by atoms with Crippen LogP contribution in [-0.2, 0) is 20.8 Å². The molecule has 0 saturated carbocycles. The molecule has 0 unspecified atom stereocenters. The number of aromatic nitrogens is 3. The van der Waals surface area contributed by atoms with E-state index in [0.29, 0.717) is 23.1 Å². The van der Waals surface area contributed by atoms with Crippen LogP contribution in [0.2, 0.25) is 0 Å². The summed E-state index contributed by atoms with van der Waals surface area (Å²) in [5, 5.41) is 12.1. The lowest BCUT2D eigenvalue weighted by Gasteiger charge is -2.09. The van der Waals surface area contributed by atoms with Gasteiger partial charge in [-0.25, -0.2) is 9.59 Å². The van der Waals surface area contributed by atoms with Crippen molar-refractivity contribution < 1.29 is 23.9 Å². The number of anilines is 1. The van der Waals surface area contributed by atoms with Crippen LogP contribution in [0.1, 0.15) is 39.4 Å². The van der Waals surface area contributed by atoms with Crippen molar-refractivity contribution in [1.29, 1.82) is 0 Å². The summed E-state index contributed by atoms with van der Waals surface area (Å²) in [6.45, 7) is 9.62. The number of benzene rings is 1. The fourth-order valence-electron chi connectivity index (χ4n) is 3.24. The second-order valence-corrected chi connectivity index (χ2v) is 10.1. The predicted octanol–water partition coefficient (Wildman–Crippen LogP) is 5.35. The van der Waals surface area contributed by atoms with E-state index in [2.05, 4.69) is 38.0 Å². The van der Waals surface area contributed by atoms with Crippen LogP contribution >= 0.6 is 39.0 Å². The van der Waals surface area contributed by atoms with Gasteiger partial charge in [-0.15, -0.1) is 28.1 Å². The summed E-state index contributed by atoms with van der Waals surface area (Å²) in [6.07, 6.45) is 1.73. The number of carbonyl (C=O) groups is 3. The molecule has 0 spiro atoms. The monoisotopic (exact) mass is 592 g/mol. The quantitative estimate of drug-likeness (QED) is 0.180. The highest BCUT2D eigenvalue weighted by molar-refractivity contribution is 9.10. The molecule has 2 heterocycles. The third-order valence-electron chi connectivity index (χ3n) is 4.80. The Kier molecular flexibility index (Phi) is 9.85. The maximum atomic E-state index is 12.8. The Hall–Kier alpha value is -2.96. The molecule has 3 aromatic rings. The van der Waals surface area contributed by atoms with Crippen molar-refractivity contribution in [2.75, 3.05) is 24.3 Å². The van der Waals surface area contributed by atoms with E-state index in [4.69, 9.17) is 9.47 Å². The van der Waals surface area contributed by atoms with Gasteiger partial charge >= 0.3 is 11.9 Å². The molecule has 1 amide bonds. The SMILES string of the molecule is C=CCn1c(SCC(=O)Nc2sc(C(=O)OCC)c(C)c2C(=O)OCC)nnc1-c1ccc(Br)cc1. The predicted molar refractivity (Wildman–Crippen MR) is 144 cm³/mol. The minimum atomic E-state index is -0.616. The number of nitrogens with one attached hydrogen (secondary N) is 1. The maximum absolute atomic E-state index is 12.8. The molecule has 2 aromatic heterocycles. The second kappa shape index (κ2) is 12.8. The first-order chi connectivity index (χ1) is 17.3. The van der Waals surface area contributed by atoms with Gasteiger partial charge in [-0.05, 0) is 38.5 Å². The van der Waals surface area contributed by atoms with Crippen molar-refractivity contribution in [3.63, 3.8) is 0 Å². The number of carbonyl (C=O) groups excluding carboxylic acids is 3. The minimum Gasteiger partial charge on any atom is -0.462 e. The van der Waals surface area contributed by atoms with Crippen molar-refractivity contribution in [1.82, 2.24) is 14.8 Å². The number of hydrogen-bond acceptors (Lipinski definition) is 9. The van der Waals surface area contributed by atoms with Crippen molar-refractivity contribution in [3.8, 4) is 11.4 Å². The first-order valence-corrected chi connectivity index (χ1v) is 13.6. The van der Waals surface area contributed by atoms with E-state index < -0.39 is 11.9 Å². The van der Waals surface area contributed by atoms with Gasteiger partial charge in [-0.3, -0.25) is 9.36 Å². The summed E-state index contributed by atoms with van der Waals surface area (Å²) in [5.41, 5.74) is 1.43. The number of nitrogens with zero attached hydrogens (tertiary/aromatic N) is 3. The Morgan fingerprint density at radius 2 is 1.81 bits per heavy atom. The lowest BCUT2D eigenvalue weighted by Crippen LogP contribution is -2.17. The van der Waals surface area contributed by atoms with Gasteiger partial charge in [0.2, 0.25) is 5.91 Å². The summed E-state index contributed by atoms with van der Waals surface area (Å²) in [5.74, 6) is -0.889. The van der Waals surface area contributed by atoms with Gasteiger partial charge in [-0.1, -0.05) is 45.9 Å². The van der Waals surface area contributed by atoms with Crippen LogP contribution in [-0.4, -0.2) is 51.6 Å². The number of thiophene rings is 1. The van der Waals surface area contributed by atoms with Crippen molar-refractivity contribution in [2.24, 2.45) is 0 Å². The number of hydrogen-bond donors (Lipinski definition) is 1. The van der Waals surface area contributed by atoms with Crippen molar-refractivity contribution in [2.45, 2.75) is 32.5 Å². The van der Waals surface area contributed by atoms with Crippen LogP contribution < -0.4 is 5.32 Å². The summed E-state index contributed by atoms with van der Waals surface area (Å²) < 4.78 is 13.0. The number of ether oxygens (including phenoxy) is 2. The average molecular weight is 594 g/mol. The van der Waals surface area contributed by atoms with Crippen LogP contribution in [0.3, 0.4) is 0 Å². The number of thioether (sulfide) groups is 1. The van der Waals surface area contributed by atoms with Crippen LogP contribution in [0.15, 0.2) is 46.5 Å². The highest BCUT2D eigenvalue weighted by atomic mass is 79.9. The highest BCUT2D eigenvalue weighted by Crippen LogP contribution is 2.35. The first-order valence-electron chi connectivity index (χ1n) is 11.0. The van der Waals surface area contributed by atoms with Crippen LogP contribution in [0.4, 0.5) is 5.00 Å². The summed E-state index contributed by atoms with van der Waals surface area (Å²) in [6, 6.07) is 7.67. The molecule has 0 aliphatic heterocycles. The molecule has 1 N–H and O–H groups in total. The fraction of sp³-hybridized carbons (Fsp3) is 0.292. The Morgan fingerprint density at radius 3 is 2.44 bits per heavy atom. The molecule has 0 bridgehead atoms. The summed E-state index contributed by atoms with van der Waals surface area (Å²) >= 11 is 5.61. The number of halogens is 1. The third kappa shape index (κ3) is 6.42. The van der Waals surface area contributed by atoms with E-state index in [0.717, 1.165) is 21.4 Å². The van der Waals surface area contributed by atoms with Crippen molar-refractivity contribution in [3.05, 3.63) is 57.4 Å². The molecule has 0 radical (unpaired) electrons.